The van der Waals surface area contributed by atoms with Crippen LogP contribution in [0, 0.1) is 17.1 Å². The molecule has 0 amide bonds. The number of halogens is 1. The van der Waals surface area contributed by atoms with Gasteiger partial charge in [-0.3, -0.25) is 0 Å². The average Bonchev–Trinajstić information content (AvgIpc) is 2.81. The Bertz CT molecular complexity index is 408. The van der Waals surface area contributed by atoms with E-state index in [-0.39, 0.29) is 11.7 Å². The molecule has 0 radical (unpaired) electrons. The van der Waals surface area contributed by atoms with Crippen molar-refractivity contribution in [2.24, 2.45) is 0 Å². The Labute approximate surface area is 93.8 Å². The minimum Gasteiger partial charge on any atom is -0.382 e. The molecular formula is C12H13FN2O. The Hall–Kier alpha value is -1.60. The first kappa shape index (κ1) is 10.9. The third-order valence-electron chi connectivity index (χ3n) is 2.64. The summed E-state index contributed by atoms with van der Waals surface area (Å²) < 4.78 is 18.5. The molecule has 2 rings (SSSR count). The highest BCUT2D eigenvalue weighted by Gasteiger charge is 2.14. The van der Waals surface area contributed by atoms with Gasteiger partial charge in [0.15, 0.2) is 0 Å². The van der Waals surface area contributed by atoms with Gasteiger partial charge in [-0.2, -0.15) is 5.26 Å². The number of rotatable bonds is 3. The number of hydrogen-bond donors (Lipinski definition) is 1. The van der Waals surface area contributed by atoms with Gasteiger partial charge >= 0.3 is 0 Å². The molecule has 1 saturated heterocycles. The topological polar surface area (TPSA) is 45.0 Å². The fourth-order valence-corrected chi connectivity index (χ4v) is 1.76. The second-order valence-electron chi connectivity index (χ2n) is 3.82. The fourth-order valence-electron chi connectivity index (χ4n) is 1.76. The van der Waals surface area contributed by atoms with Crippen LogP contribution in [0.4, 0.5) is 10.1 Å². The minimum atomic E-state index is -0.481. The summed E-state index contributed by atoms with van der Waals surface area (Å²) in [5.41, 5.74) is 0.825. The van der Waals surface area contributed by atoms with E-state index in [9.17, 15) is 4.39 Å². The number of ether oxygens (including phenoxy) is 1. The molecule has 1 unspecified atom stereocenters. The Morgan fingerprint density at radius 2 is 2.44 bits per heavy atom. The van der Waals surface area contributed by atoms with Crippen molar-refractivity contribution in [3.8, 4) is 6.07 Å². The van der Waals surface area contributed by atoms with E-state index in [2.05, 4.69) is 5.32 Å². The molecule has 0 saturated carbocycles. The molecule has 4 heteroatoms. The van der Waals surface area contributed by atoms with Gasteiger partial charge in [0.25, 0.3) is 0 Å². The molecule has 3 nitrogen and oxygen atoms in total. The predicted octanol–water partition coefficient (Wildman–Crippen LogP) is 2.29. The van der Waals surface area contributed by atoms with E-state index in [1.807, 2.05) is 6.07 Å². The minimum absolute atomic E-state index is 0.0670. The lowest BCUT2D eigenvalue weighted by molar-refractivity contribution is 0.120. The monoisotopic (exact) mass is 220 g/mol. The summed E-state index contributed by atoms with van der Waals surface area (Å²) in [5.74, 6) is -0.481. The molecule has 16 heavy (non-hydrogen) atoms. The smallest absolute Gasteiger partial charge is 0.141 e. The van der Waals surface area contributed by atoms with E-state index < -0.39 is 5.82 Å². The number of hydrogen-bond acceptors (Lipinski definition) is 3. The number of nitriles is 1. The van der Waals surface area contributed by atoms with Crippen LogP contribution in [0.25, 0.3) is 0 Å². The summed E-state index contributed by atoms with van der Waals surface area (Å²) in [5, 5.41) is 11.8. The molecule has 0 spiro atoms. The van der Waals surface area contributed by atoms with Crippen molar-refractivity contribution in [2.75, 3.05) is 18.5 Å². The van der Waals surface area contributed by atoms with Crippen LogP contribution >= 0.6 is 0 Å². The molecule has 1 heterocycles. The van der Waals surface area contributed by atoms with Crippen LogP contribution in [-0.4, -0.2) is 19.3 Å². The maximum atomic E-state index is 13.0. The van der Waals surface area contributed by atoms with Crippen LogP contribution in [0.1, 0.15) is 18.4 Å². The van der Waals surface area contributed by atoms with E-state index >= 15 is 0 Å². The number of anilines is 1. The third kappa shape index (κ3) is 2.50. The molecule has 1 aromatic carbocycles. The van der Waals surface area contributed by atoms with Gasteiger partial charge in [-0.1, -0.05) is 0 Å². The van der Waals surface area contributed by atoms with E-state index in [1.165, 1.54) is 12.1 Å². The van der Waals surface area contributed by atoms with Crippen LogP contribution in [0.2, 0.25) is 0 Å². The maximum Gasteiger partial charge on any atom is 0.141 e. The zero-order valence-corrected chi connectivity index (χ0v) is 8.87. The molecule has 1 fully saturated rings. The summed E-state index contributed by atoms with van der Waals surface area (Å²) in [6.45, 7) is 1.52. The number of nitrogens with one attached hydrogen (secondary N) is 1. The second kappa shape index (κ2) is 4.95. The van der Waals surface area contributed by atoms with Gasteiger partial charge in [0.05, 0.1) is 11.7 Å². The molecule has 1 aliphatic heterocycles. The van der Waals surface area contributed by atoms with Gasteiger partial charge in [0, 0.05) is 18.8 Å². The Morgan fingerprint density at radius 1 is 1.56 bits per heavy atom. The predicted molar refractivity (Wildman–Crippen MR) is 58.6 cm³/mol. The van der Waals surface area contributed by atoms with Crippen LogP contribution in [0.5, 0.6) is 0 Å². The first-order valence-corrected chi connectivity index (χ1v) is 5.35. The largest absolute Gasteiger partial charge is 0.382 e. The fraction of sp³-hybridized carbons (Fsp3) is 0.417. The number of nitrogens with zero attached hydrogens (tertiary/aromatic N) is 1. The molecule has 0 aromatic heterocycles. The molecule has 1 aliphatic rings. The summed E-state index contributed by atoms with van der Waals surface area (Å²) >= 11 is 0. The molecule has 1 N–H and O–H groups in total. The number of benzene rings is 1. The van der Waals surface area contributed by atoms with E-state index in [0.29, 0.717) is 6.54 Å². The first-order chi connectivity index (χ1) is 7.79. The van der Waals surface area contributed by atoms with Crippen molar-refractivity contribution in [1.29, 1.82) is 5.26 Å². The van der Waals surface area contributed by atoms with Crippen molar-refractivity contribution >= 4 is 5.69 Å². The normalized spacial score (nSPS) is 19.4. The quantitative estimate of drug-likeness (QED) is 0.850. The highest BCUT2D eigenvalue weighted by atomic mass is 19.1. The zero-order chi connectivity index (χ0) is 11.4. The van der Waals surface area contributed by atoms with Gasteiger partial charge in [-0.25, -0.2) is 4.39 Å². The molecule has 84 valence electrons. The van der Waals surface area contributed by atoms with Gasteiger partial charge in [-0.15, -0.1) is 0 Å². The highest BCUT2D eigenvalue weighted by molar-refractivity contribution is 5.49. The Balaban J connectivity index is 1.96. The van der Waals surface area contributed by atoms with E-state index in [4.69, 9.17) is 10.00 Å². The lowest BCUT2D eigenvalue weighted by Gasteiger charge is -2.11. The lowest BCUT2D eigenvalue weighted by atomic mass is 10.2. The summed E-state index contributed by atoms with van der Waals surface area (Å²) in [6.07, 6.45) is 2.38. The first-order valence-electron chi connectivity index (χ1n) is 5.35. The van der Waals surface area contributed by atoms with Crippen LogP contribution < -0.4 is 5.32 Å². The molecule has 1 aromatic rings. The lowest BCUT2D eigenvalue weighted by Crippen LogP contribution is -2.18. The van der Waals surface area contributed by atoms with Crippen molar-refractivity contribution in [2.45, 2.75) is 18.9 Å². The molecule has 0 bridgehead atoms. The van der Waals surface area contributed by atoms with Gasteiger partial charge in [0.2, 0.25) is 0 Å². The Kier molecular flexibility index (Phi) is 3.37. The van der Waals surface area contributed by atoms with Crippen molar-refractivity contribution in [3.05, 3.63) is 29.6 Å². The van der Waals surface area contributed by atoms with Crippen molar-refractivity contribution in [3.63, 3.8) is 0 Å². The summed E-state index contributed by atoms with van der Waals surface area (Å²) in [4.78, 5) is 0. The molecule has 0 aliphatic carbocycles. The summed E-state index contributed by atoms with van der Waals surface area (Å²) in [7, 11) is 0. The molecule has 1 atom stereocenters. The SMILES string of the molecule is N#Cc1cc(NCC2CCCO2)ccc1F. The van der Waals surface area contributed by atoms with E-state index in [1.54, 1.807) is 6.07 Å². The van der Waals surface area contributed by atoms with Gasteiger partial charge in [-0.05, 0) is 31.0 Å². The standard InChI is InChI=1S/C12H13FN2O/c13-12-4-3-10(6-9(12)7-14)15-8-11-2-1-5-16-11/h3-4,6,11,15H,1-2,5,8H2. The van der Waals surface area contributed by atoms with Crippen molar-refractivity contribution in [1.82, 2.24) is 0 Å². The second-order valence-corrected chi connectivity index (χ2v) is 3.82. The van der Waals surface area contributed by atoms with E-state index in [0.717, 1.165) is 25.1 Å². The van der Waals surface area contributed by atoms with Crippen molar-refractivity contribution < 1.29 is 9.13 Å². The molecular weight excluding hydrogens is 207 g/mol. The zero-order valence-electron chi connectivity index (χ0n) is 8.87. The Morgan fingerprint density at radius 3 is 3.12 bits per heavy atom. The van der Waals surface area contributed by atoms with Crippen LogP contribution in [-0.2, 0) is 4.74 Å². The van der Waals surface area contributed by atoms with Gasteiger partial charge in [0.1, 0.15) is 11.9 Å². The summed E-state index contributed by atoms with van der Waals surface area (Å²) in [6, 6.07) is 6.27. The van der Waals surface area contributed by atoms with Crippen LogP contribution in [0.3, 0.4) is 0 Å². The van der Waals surface area contributed by atoms with Crippen LogP contribution in [0.15, 0.2) is 18.2 Å². The van der Waals surface area contributed by atoms with Gasteiger partial charge < -0.3 is 10.1 Å². The highest BCUT2D eigenvalue weighted by Crippen LogP contribution is 2.16. The maximum absolute atomic E-state index is 13.0. The third-order valence-corrected chi connectivity index (χ3v) is 2.64. The average molecular weight is 220 g/mol.